The normalized spacial score (nSPS) is 51.9. The molecule has 9 heteroatoms. The largest absolute Gasteiger partial charge is 0.394 e. The first-order valence-electron chi connectivity index (χ1n) is 6.81. The topological polar surface area (TPSA) is 160 Å². The molecule has 0 bridgehead atoms. The van der Waals surface area contributed by atoms with Gasteiger partial charge in [0.15, 0.2) is 0 Å². The average molecular weight is 310 g/mol. The van der Waals surface area contributed by atoms with Crippen molar-refractivity contribution in [3.8, 4) is 0 Å². The molecule has 0 aliphatic carbocycles. The molecule has 0 amide bonds. The molecule has 0 spiro atoms. The minimum absolute atomic E-state index is 0.0437. The maximum Gasteiger partial charge on any atom is 0.147 e. The van der Waals surface area contributed by atoms with Crippen molar-refractivity contribution < 1.29 is 45.2 Å². The number of rotatable bonds is 3. The molecule has 9 nitrogen and oxygen atoms in total. The van der Waals surface area contributed by atoms with Crippen LogP contribution in [0.3, 0.4) is 0 Å². The molecular weight excluding hydrogens is 288 g/mol. The summed E-state index contributed by atoms with van der Waals surface area (Å²) in [7, 11) is 0. The van der Waals surface area contributed by atoms with Crippen LogP contribution >= 0.6 is 0 Å². The Morgan fingerprint density at radius 1 is 0.952 bits per heavy atom. The molecule has 0 saturated carbocycles. The predicted molar refractivity (Wildman–Crippen MR) is 66.2 cm³/mol. The van der Waals surface area contributed by atoms with Gasteiger partial charge in [-0.3, -0.25) is 0 Å². The zero-order chi connectivity index (χ0) is 15.8. The van der Waals surface area contributed by atoms with Crippen LogP contribution in [0.1, 0.15) is 6.42 Å². The second-order valence-electron chi connectivity index (χ2n) is 5.48. The van der Waals surface area contributed by atoms with E-state index in [0.717, 1.165) is 0 Å². The van der Waals surface area contributed by atoms with E-state index in [4.69, 9.17) is 14.6 Å². The van der Waals surface area contributed by atoms with Crippen LogP contribution in [-0.2, 0) is 9.47 Å². The molecule has 124 valence electrons. The van der Waals surface area contributed by atoms with Gasteiger partial charge >= 0.3 is 0 Å². The number of aliphatic hydroxyl groups is 7. The zero-order valence-electron chi connectivity index (χ0n) is 11.3. The van der Waals surface area contributed by atoms with Gasteiger partial charge in [-0.15, -0.1) is 0 Å². The Labute approximate surface area is 121 Å². The summed E-state index contributed by atoms with van der Waals surface area (Å²) >= 11 is 0. The first-order valence-corrected chi connectivity index (χ1v) is 6.81. The van der Waals surface area contributed by atoms with Crippen molar-refractivity contribution in [1.82, 2.24) is 0 Å². The summed E-state index contributed by atoms with van der Waals surface area (Å²) in [6.45, 7) is -1.19. The molecule has 2 saturated heterocycles. The maximum absolute atomic E-state index is 10.7. The molecule has 2 aliphatic rings. The molecule has 0 aromatic heterocycles. The van der Waals surface area contributed by atoms with E-state index in [0.29, 0.717) is 0 Å². The summed E-state index contributed by atoms with van der Waals surface area (Å²) in [4.78, 5) is 0. The standard InChI is InChI=1S/C12H22O9/c13-3-5-8(16)9(17)10(18)11(21-5)12(19)6(15)1-2-20-7(12)4-14/h5-11,13-19H,1-4H2/t5-,6-,7-,8-,9+,10-,11+,12+/m1/s1. The minimum atomic E-state index is -2.18. The van der Waals surface area contributed by atoms with Gasteiger partial charge in [-0.05, 0) is 6.42 Å². The van der Waals surface area contributed by atoms with Crippen LogP contribution in [0.25, 0.3) is 0 Å². The molecule has 0 aromatic rings. The van der Waals surface area contributed by atoms with Gasteiger partial charge in [0, 0.05) is 6.61 Å². The van der Waals surface area contributed by atoms with Crippen LogP contribution in [0.5, 0.6) is 0 Å². The minimum Gasteiger partial charge on any atom is -0.394 e. The lowest BCUT2D eigenvalue weighted by Crippen LogP contribution is -2.73. The average Bonchev–Trinajstić information content (AvgIpc) is 2.48. The van der Waals surface area contributed by atoms with E-state index in [9.17, 15) is 30.6 Å². The number of hydrogen-bond donors (Lipinski definition) is 7. The highest BCUT2D eigenvalue weighted by atomic mass is 16.6. The molecular formula is C12H22O9. The molecule has 0 radical (unpaired) electrons. The zero-order valence-corrected chi connectivity index (χ0v) is 11.3. The quantitative estimate of drug-likeness (QED) is 0.273. The fourth-order valence-corrected chi connectivity index (χ4v) is 2.96. The van der Waals surface area contributed by atoms with Crippen LogP contribution in [0.2, 0.25) is 0 Å². The molecule has 7 N–H and O–H groups in total. The third kappa shape index (κ3) is 2.69. The van der Waals surface area contributed by atoms with E-state index in [-0.39, 0.29) is 13.0 Å². The second-order valence-corrected chi connectivity index (χ2v) is 5.48. The summed E-state index contributed by atoms with van der Waals surface area (Å²) in [6, 6.07) is 0. The Bertz CT molecular complexity index is 352. The van der Waals surface area contributed by atoms with Gasteiger partial charge in [-0.25, -0.2) is 0 Å². The van der Waals surface area contributed by atoms with Crippen molar-refractivity contribution in [2.45, 2.75) is 54.7 Å². The van der Waals surface area contributed by atoms with Crippen LogP contribution < -0.4 is 0 Å². The Morgan fingerprint density at radius 3 is 2.19 bits per heavy atom. The van der Waals surface area contributed by atoms with Crippen molar-refractivity contribution in [2.75, 3.05) is 19.8 Å². The Balaban J connectivity index is 2.31. The monoisotopic (exact) mass is 310 g/mol. The summed E-state index contributed by atoms with van der Waals surface area (Å²) in [5, 5.41) is 68.8. The van der Waals surface area contributed by atoms with Crippen LogP contribution in [0.15, 0.2) is 0 Å². The SMILES string of the molecule is OC[C@H]1O[C@H]([C@]2(O)[C@H](O)CCO[C@@H]2CO)[C@H](O)[C@@H](O)[C@@H]1O. The van der Waals surface area contributed by atoms with E-state index in [2.05, 4.69) is 0 Å². The lowest BCUT2D eigenvalue weighted by atomic mass is 9.76. The smallest absolute Gasteiger partial charge is 0.147 e. The van der Waals surface area contributed by atoms with Crippen molar-refractivity contribution in [3.63, 3.8) is 0 Å². The van der Waals surface area contributed by atoms with Gasteiger partial charge in [0.1, 0.15) is 42.2 Å². The van der Waals surface area contributed by atoms with Gasteiger partial charge < -0.3 is 45.2 Å². The molecule has 2 rings (SSSR count). The lowest BCUT2D eigenvalue weighted by Gasteiger charge is -2.52. The van der Waals surface area contributed by atoms with E-state index in [1.54, 1.807) is 0 Å². The van der Waals surface area contributed by atoms with Crippen molar-refractivity contribution in [3.05, 3.63) is 0 Å². The van der Waals surface area contributed by atoms with E-state index in [1.807, 2.05) is 0 Å². The predicted octanol–water partition coefficient (Wildman–Crippen LogP) is -4.30. The molecule has 2 aliphatic heterocycles. The summed E-state index contributed by atoms with van der Waals surface area (Å²) in [5.41, 5.74) is -2.18. The lowest BCUT2D eigenvalue weighted by molar-refractivity contribution is -0.320. The second kappa shape index (κ2) is 6.41. The van der Waals surface area contributed by atoms with Crippen LogP contribution in [0, 0.1) is 0 Å². The van der Waals surface area contributed by atoms with Crippen molar-refractivity contribution in [2.24, 2.45) is 0 Å². The van der Waals surface area contributed by atoms with Gasteiger partial charge in [0.05, 0.1) is 19.3 Å². The summed E-state index contributed by atoms with van der Waals surface area (Å²) in [5.74, 6) is 0. The van der Waals surface area contributed by atoms with Crippen molar-refractivity contribution >= 4 is 0 Å². The molecule has 21 heavy (non-hydrogen) atoms. The molecule has 2 heterocycles. The van der Waals surface area contributed by atoms with E-state index >= 15 is 0 Å². The Kier molecular flexibility index (Phi) is 5.19. The van der Waals surface area contributed by atoms with Gasteiger partial charge in [0.25, 0.3) is 0 Å². The summed E-state index contributed by atoms with van der Waals surface area (Å²) in [6.07, 6.45) is -10.3. The maximum atomic E-state index is 10.7. The first kappa shape index (κ1) is 17.0. The fourth-order valence-electron chi connectivity index (χ4n) is 2.96. The fraction of sp³-hybridized carbons (Fsp3) is 1.00. The Hall–Kier alpha value is -0.360. The third-order valence-electron chi connectivity index (χ3n) is 4.27. The van der Waals surface area contributed by atoms with E-state index < -0.39 is 61.5 Å². The van der Waals surface area contributed by atoms with Crippen LogP contribution in [-0.4, -0.2) is 104 Å². The highest BCUT2D eigenvalue weighted by Crippen LogP contribution is 2.37. The number of aliphatic hydroxyl groups excluding tert-OH is 6. The highest BCUT2D eigenvalue weighted by Gasteiger charge is 2.60. The first-order chi connectivity index (χ1) is 9.87. The third-order valence-corrected chi connectivity index (χ3v) is 4.27. The summed E-state index contributed by atoms with van der Waals surface area (Å²) < 4.78 is 10.5. The van der Waals surface area contributed by atoms with Gasteiger partial charge in [-0.2, -0.15) is 0 Å². The molecule has 0 unspecified atom stereocenters. The highest BCUT2D eigenvalue weighted by molar-refractivity contribution is 5.09. The van der Waals surface area contributed by atoms with Crippen LogP contribution in [0.4, 0.5) is 0 Å². The van der Waals surface area contributed by atoms with Gasteiger partial charge in [-0.1, -0.05) is 0 Å². The Morgan fingerprint density at radius 2 is 1.62 bits per heavy atom. The van der Waals surface area contributed by atoms with E-state index in [1.165, 1.54) is 0 Å². The molecule has 0 aromatic carbocycles. The number of ether oxygens (including phenoxy) is 2. The van der Waals surface area contributed by atoms with Gasteiger partial charge in [0.2, 0.25) is 0 Å². The number of hydrogen-bond acceptors (Lipinski definition) is 9. The van der Waals surface area contributed by atoms with Crippen molar-refractivity contribution in [1.29, 1.82) is 0 Å². The molecule has 2 fully saturated rings. The molecule has 8 atom stereocenters.